The molecule has 18 heavy (non-hydrogen) atoms. The summed E-state index contributed by atoms with van der Waals surface area (Å²) in [7, 11) is 1.67. The predicted octanol–water partition coefficient (Wildman–Crippen LogP) is 2.40. The van der Waals surface area contributed by atoms with Gasteiger partial charge in [-0.2, -0.15) is 0 Å². The molecule has 0 aliphatic heterocycles. The average Bonchev–Trinajstić information content (AvgIpc) is 2.38. The van der Waals surface area contributed by atoms with Gasteiger partial charge in [-0.15, -0.1) is 0 Å². The molecule has 1 aromatic rings. The summed E-state index contributed by atoms with van der Waals surface area (Å²) in [4.78, 5) is 0. The Labute approximate surface area is 109 Å². The lowest BCUT2D eigenvalue weighted by Crippen LogP contribution is -2.07. The molecule has 4 heteroatoms. The Kier molecular flexibility index (Phi) is 7.41. The fourth-order valence-electron chi connectivity index (χ4n) is 1.53. The molecule has 102 valence electrons. The molecule has 0 bridgehead atoms. The minimum Gasteiger partial charge on any atom is -0.399 e. The first-order chi connectivity index (χ1) is 8.74. The highest BCUT2D eigenvalue weighted by molar-refractivity contribution is 5.39. The zero-order valence-corrected chi connectivity index (χ0v) is 11.2. The van der Waals surface area contributed by atoms with E-state index in [1.165, 1.54) is 0 Å². The molecule has 4 nitrogen and oxygen atoms in total. The molecule has 0 saturated carbocycles. The average molecular weight is 253 g/mol. The van der Waals surface area contributed by atoms with Gasteiger partial charge >= 0.3 is 0 Å². The Morgan fingerprint density at radius 1 is 1.06 bits per heavy atom. The molecule has 0 saturated heterocycles. The van der Waals surface area contributed by atoms with E-state index in [-0.39, 0.29) is 6.10 Å². The number of anilines is 1. The van der Waals surface area contributed by atoms with Gasteiger partial charge in [0.15, 0.2) is 0 Å². The molecular formula is C14H23NO3. The second-order valence-corrected chi connectivity index (χ2v) is 4.14. The molecule has 0 spiro atoms. The largest absolute Gasteiger partial charge is 0.399 e. The highest BCUT2D eigenvalue weighted by atomic mass is 16.5. The monoisotopic (exact) mass is 253 g/mol. The maximum Gasteiger partial charge on any atom is 0.0796 e. The third kappa shape index (κ3) is 6.00. The van der Waals surface area contributed by atoms with Crippen LogP contribution in [0.15, 0.2) is 24.3 Å². The maximum atomic E-state index is 5.72. The summed E-state index contributed by atoms with van der Waals surface area (Å²) in [6.45, 7) is 4.72. The van der Waals surface area contributed by atoms with E-state index in [0.717, 1.165) is 17.7 Å². The van der Waals surface area contributed by atoms with Crippen LogP contribution in [0.1, 0.15) is 25.0 Å². The van der Waals surface area contributed by atoms with Crippen LogP contribution in [0.3, 0.4) is 0 Å². The summed E-state index contributed by atoms with van der Waals surface area (Å²) in [6.07, 6.45) is 0.979. The first-order valence-electron chi connectivity index (χ1n) is 6.27. The molecule has 0 amide bonds. The molecule has 0 heterocycles. The van der Waals surface area contributed by atoms with E-state index < -0.39 is 0 Å². The fraction of sp³-hybridized carbons (Fsp3) is 0.571. The van der Waals surface area contributed by atoms with Gasteiger partial charge in [0.25, 0.3) is 0 Å². The van der Waals surface area contributed by atoms with Crippen LogP contribution in [0.4, 0.5) is 5.69 Å². The van der Waals surface area contributed by atoms with Crippen molar-refractivity contribution < 1.29 is 14.2 Å². The van der Waals surface area contributed by atoms with E-state index in [1.54, 1.807) is 7.11 Å². The minimum atomic E-state index is 0.0876. The predicted molar refractivity (Wildman–Crippen MR) is 72.5 cm³/mol. The van der Waals surface area contributed by atoms with Crippen LogP contribution < -0.4 is 5.73 Å². The quantitative estimate of drug-likeness (QED) is 0.542. The van der Waals surface area contributed by atoms with E-state index >= 15 is 0 Å². The van der Waals surface area contributed by atoms with Gasteiger partial charge in [0, 0.05) is 26.0 Å². The Balaban J connectivity index is 2.10. The molecule has 0 aliphatic carbocycles. The van der Waals surface area contributed by atoms with Crippen LogP contribution in [0.5, 0.6) is 0 Å². The van der Waals surface area contributed by atoms with Crippen LogP contribution in [0.2, 0.25) is 0 Å². The Bertz CT molecular complexity index is 313. The first kappa shape index (κ1) is 15.0. The summed E-state index contributed by atoms with van der Waals surface area (Å²) < 4.78 is 16.0. The number of hydrogen-bond donors (Lipinski definition) is 1. The Morgan fingerprint density at radius 2 is 1.78 bits per heavy atom. The number of nitrogen functional groups attached to an aromatic ring is 1. The smallest absolute Gasteiger partial charge is 0.0796 e. The molecule has 1 unspecified atom stereocenters. The van der Waals surface area contributed by atoms with E-state index in [9.17, 15) is 0 Å². The second kappa shape index (κ2) is 8.91. The van der Waals surface area contributed by atoms with Crippen molar-refractivity contribution in [3.8, 4) is 0 Å². The van der Waals surface area contributed by atoms with Gasteiger partial charge in [-0.05, 0) is 31.0 Å². The van der Waals surface area contributed by atoms with Crippen LogP contribution in [0.25, 0.3) is 0 Å². The summed E-state index contributed by atoms with van der Waals surface area (Å²) in [5.74, 6) is 0. The zero-order valence-electron chi connectivity index (χ0n) is 11.2. The zero-order chi connectivity index (χ0) is 13.2. The first-order valence-corrected chi connectivity index (χ1v) is 6.27. The molecule has 1 rings (SSSR count). The number of nitrogens with two attached hydrogens (primary N) is 1. The maximum absolute atomic E-state index is 5.72. The number of hydrogen-bond acceptors (Lipinski definition) is 4. The molecule has 0 aromatic heterocycles. The van der Waals surface area contributed by atoms with Gasteiger partial charge in [-0.3, -0.25) is 0 Å². The summed E-state index contributed by atoms with van der Waals surface area (Å²) in [5.41, 5.74) is 7.56. The summed E-state index contributed by atoms with van der Waals surface area (Å²) in [6, 6.07) is 7.77. The normalized spacial score (nSPS) is 12.6. The van der Waals surface area contributed by atoms with Crippen molar-refractivity contribution in [2.24, 2.45) is 0 Å². The number of rotatable bonds is 9. The van der Waals surface area contributed by atoms with E-state index in [0.29, 0.717) is 26.4 Å². The van der Waals surface area contributed by atoms with Gasteiger partial charge in [0.05, 0.1) is 19.3 Å². The minimum absolute atomic E-state index is 0.0876. The van der Waals surface area contributed by atoms with Crippen LogP contribution in [0, 0.1) is 0 Å². The fourth-order valence-corrected chi connectivity index (χ4v) is 1.53. The molecule has 1 aromatic carbocycles. The van der Waals surface area contributed by atoms with Crippen LogP contribution in [-0.4, -0.2) is 33.5 Å². The topological polar surface area (TPSA) is 53.7 Å². The van der Waals surface area contributed by atoms with Gasteiger partial charge in [-0.25, -0.2) is 0 Å². The van der Waals surface area contributed by atoms with Crippen molar-refractivity contribution in [2.45, 2.75) is 19.4 Å². The van der Waals surface area contributed by atoms with E-state index in [4.69, 9.17) is 19.9 Å². The van der Waals surface area contributed by atoms with E-state index in [2.05, 4.69) is 0 Å². The Morgan fingerprint density at radius 3 is 2.44 bits per heavy atom. The van der Waals surface area contributed by atoms with E-state index in [1.807, 2.05) is 31.2 Å². The highest BCUT2D eigenvalue weighted by Crippen LogP contribution is 2.17. The van der Waals surface area contributed by atoms with Crippen molar-refractivity contribution in [2.75, 3.05) is 39.3 Å². The van der Waals surface area contributed by atoms with Crippen molar-refractivity contribution in [1.29, 1.82) is 0 Å². The third-order valence-corrected chi connectivity index (χ3v) is 2.64. The van der Waals surface area contributed by atoms with Crippen LogP contribution in [-0.2, 0) is 14.2 Å². The van der Waals surface area contributed by atoms with Gasteiger partial charge in [0.1, 0.15) is 0 Å². The lowest BCUT2D eigenvalue weighted by molar-refractivity contribution is 0.0296. The molecule has 2 N–H and O–H groups in total. The number of ether oxygens (including phenoxy) is 3. The summed E-state index contributed by atoms with van der Waals surface area (Å²) >= 11 is 0. The summed E-state index contributed by atoms with van der Waals surface area (Å²) in [5, 5.41) is 0. The van der Waals surface area contributed by atoms with Gasteiger partial charge in [0.2, 0.25) is 0 Å². The standard InChI is InChI=1S/C14H23NO3/c1-12(13-4-6-14(15)7-5-13)18-9-3-8-17-11-10-16-2/h4-7,12H,3,8-11,15H2,1-2H3. The van der Waals surface area contributed by atoms with Gasteiger partial charge in [-0.1, -0.05) is 12.1 Å². The lowest BCUT2D eigenvalue weighted by atomic mass is 10.1. The van der Waals surface area contributed by atoms with Crippen molar-refractivity contribution >= 4 is 5.69 Å². The molecule has 0 aliphatic rings. The Hall–Kier alpha value is -1.10. The van der Waals surface area contributed by atoms with Gasteiger partial charge < -0.3 is 19.9 Å². The number of benzene rings is 1. The molecular weight excluding hydrogens is 230 g/mol. The third-order valence-electron chi connectivity index (χ3n) is 2.64. The highest BCUT2D eigenvalue weighted by Gasteiger charge is 2.04. The number of methoxy groups -OCH3 is 1. The molecule has 0 radical (unpaired) electrons. The SMILES string of the molecule is COCCOCCCOC(C)c1ccc(N)cc1. The molecule has 0 fully saturated rings. The van der Waals surface area contributed by atoms with Crippen molar-refractivity contribution in [3.63, 3.8) is 0 Å². The van der Waals surface area contributed by atoms with Crippen molar-refractivity contribution in [3.05, 3.63) is 29.8 Å². The molecule has 1 atom stereocenters. The lowest BCUT2D eigenvalue weighted by Gasteiger charge is -2.13. The van der Waals surface area contributed by atoms with Crippen LogP contribution >= 0.6 is 0 Å². The van der Waals surface area contributed by atoms with Crippen molar-refractivity contribution in [1.82, 2.24) is 0 Å². The second-order valence-electron chi connectivity index (χ2n) is 4.14.